The minimum atomic E-state index is -4.06. The lowest BCUT2D eigenvalue weighted by Crippen LogP contribution is -2.62. The van der Waals surface area contributed by atoms with E-state index in [9.17, 15) is 26.4 Å². The highest BCUT2D eigenvalue weighted by Crippen LogP contribution is 2.27. The van der Waals surface area contributed by atoms with Gasteiger partial charge >= 0.3 is 0 Å². The van der Waals surface area contributed by atoms with Gasteiger partial charge in [-0.25, -0.2) is 16.8 Å². The molecule has 0 unspecified atom stereocenters. The number of likely N-dealkylation sites (tertiary alicyclic amines) is 1. The molecule has 2 amide bonds. The van der Waals surface area contributed by atoms with E-state index in [1.807, 2.05) is 0 Å². The van der Waals surface area contributed by atoms with E-state index in [1.54, 1.807) is 36.4 Å². The van der Waals surface area contributed by atoms with Crippen LogP contribution in [0.4, 0.5) is 0 Å². The fourth-order valence-electron chi connectivity index (χ4n) is 4.51. The van der Waals surface area contributed by atoms with Crippen LogP contribution in [0, 0.1) is 5.92 Å². The highest BCUT2D eigenvalue weighted by Gasteiger charge is 2.45. The number of nitrogens with zero attached hydrogens (tertiary/aromatic N) is 3. The molecular weight excluding hydrogens is 492 g/mol. The SMILES string of the molecule is NC(=O)C1CCN(C(=O)[C@@H]2CN(S(=O)(=O)c3ccccc3)CCN2S(=O)(=O)c2ccccc2)CC1. The zero-order valence-corrected chi connectivity index (χ0v) is 20.7. The van der Waals surface area contributed by atoms with Gasteiger partial charge in [0, 0.05) is 38.6 Å². The first-order valence-electron chi connectivity index (χ1n) is 11.3. The first-order valence-corrected chi connectivity index (χ1v) is 14.2. The van der Waals surface area contributed by atoms with Crippen LogP contribution in [-0.4, -0.2) is 80.9 Å². The molecule has 35 heavy (non-hydrogen) atoms. The number of piperazine rings is 1. The monoisotopic (exact) mass is 520 g/mol. The summed E-state index contributed by atoms with van der Waals surface area (Å²) in [5, 5.41) is 0. The van der Waals surface area contributed by atoms with Crippen LogP contribution in [0.1, 0.15) is 12.8 Å². The maximum Gasteiger partial charge on any atom is 0.243 e. The molecule has 0 aromatic heterocycles. The number of amides is 2. The van der Waals surface area contributed by atoms with Crippen molar-refractivity contribution in [1.82, 2.24) is 13.5 Å². The normalized spacial score (nSPS) is 21.0. The average molecular weight is 521 g/mol. The molecule has 0 radical (unpaired) electrons. The molecule has 2 saturated heterocycles. The summed E-state index contributed by atoms with van der Waals surface area (Å²) >= 11 is 0. The van der Waals surface area contributed by atoms with Crippen molar-refractivity contribution in [2.45, 2.75) is 28.7 Å². The van der Waals surface area contributed by atoms with Crippen LogP contribution < -0.4 is 5.73 Å². The summed E-state index contributed by atoms with van der Waals surface area (Å²) in [5.74, 6) is -1.26. The Hall–Kier alpha value is -2.80. The van der Waals surface area contributed by atoms with E-state index in [1.165, 1.54) is 29.2 Å². The quantitative estimate of drug-likeness (QED) is 0.588. The molecule has 0 aliphatic carbocycles. The lowest BCUT2D eigenvalue weighted by atomic mass is 9.96. The minimum Gasteiger partial charge on any atom is -0.369 e. The molecule has 2 heterocycles. The molecule has 0 saturated carbocycles. The van der Waals surface area contributed by atoms with Gasteiger partial charge in [-0.15, -0.1) is 0 Å². The lowest BCUT2D eigenvalue weighted by molar-refractivity contribution is -0.139. The maximum atomic E-state index is 13.6. The molecule has 2 aliphatic rings. The summed E-state index contributed by atoms with van der Waals surface area (Å²) < 4.78 is 55.7. The van der Waals surface area contributed by atoms with Gasteiger partial charge in [-0.2, -0.15) is 8.61 Å². The van der Waals surface area contributed by atoms with Crippen LogP contribution in [0.3, 0.4) is 0 Å². The van der Waals surface area contributed by atoms with Gasteiger partial charge in [0.2, 0.25) is 31.9 Å². The molecule has 1 atom stereocenters. The Morgan fingerprint density at radius 2 is 1.26 bits per heavy atom. The molecule has 2 aromatic carbocycles. The fourth-order valence-corrected chi connectivity index (χ4v) is 7.56. The van der Waals surface area contributed by atoms with Crippen LogP contribution in [0.2, 0.25) is 0 Å². The lowest BCUT2D eigenvalue weighted by Gasteiger charge is -2.42. The number of nitrogens with two attached hydrogens (primary N) is 1. The second kappa shape index (κ2) is 10.1. The molecule has 188 valence electrons. The molecule has 12 heteroatoms. The van der Waals surface area contributed by atoms with Gasteiger partial charge in [0.1, 0.15) is 6.04 Å². The third kappa shape index (κ3) is 5.10. The van der Waals surface area contributed by atoms with E-state index in [-0.39, 0.29) is 48.4 Å². The number of sulfonamides is 2. The van der Waals surface area contributed by atoms with Crippen LogP contribution in [0.15, 0.2) is 70.5 Å². The van der Waals surface area contributed by atoms with Gasteiger partial charge < -0.3 is 10.6 Å². The number of benzene rings is 2. The Morgan fingerprint density at radius 1 is 0.743 bits per heavy atom. The van der Waals surface area contributed by atoms with Crippen LogP contribution in [0.25, 0.3) is 0 Å². The summed E-state index contributed by atoms with van der Waals surface area (Å²) in [6, 6.07) is 14.4. The molecule has 10 nitrogen and oxygen atoms in total. The summed E-state index contributed by atoms with van der Waals surface area (Å²) in [6.07, 6.45) is 0.760. The molecule has 2 fully saturated rings. The molecular formula is C23H28N4O6S2. The third-order valence-corrected chi connectivity index (χ3v) is 10.3. The molecule has 2 aromatic rings. The van der Waals surface area contributed by atoms with Crippen molar-refractivity contribution in [3.63, 3.8) is 0 Å². The number of piperidine rings is 1. The smallest absolute Gasteiger partial charge is 0.243 e. The second-order valence-electron chi connectivity index (χ2n) is 8.62. The summed E-state index contributed by atoms with van der Waals surface area (Å²) in [4.78, 5) is 26.7. The van der Waals surface area contributed by atoms with E-state index in [4.69, 9.17) is 5.73 Å². The number of carbonyl (C=O) groups is 2. The molecule has 0 bridgehead atoms. The topological polar surface area (TPSA) is 138 Å². The average Bonchev–Trinajstić information content (AvgIpc) is 2.89. The first-order chi connectivity index (χ1) is 16.6. The van der Waals surface area contributed by atoms with Crippen molar-refractivity contribution in [3.8, 4) is 0 Å². The highest BCUT2D eigenvalue weighted by atomic mass is 32.2. The van der Waals surface area contributed by atoms with E-state index in [0.717, 1.165) is 8.61 Å². The molecule has 0 spiro atoms. The number of hydrogen-bond acceptors (Lipinski definition) is 6. The largest absolute Gasteiger partial charge is 0.369 e. The van der Waals surface area contributed by atoms with E-state index < -0.39 is 37.9 Å². The summed E-state index contributed by atoms with van der Waals surface area (Å²) in [6.45, 7) is -0.0760. The van der Waals surface area contributed by atoms with Crippen molar-refractivity contribution in [2.24, 2.45) is 11.7 Å². The molecule has 2 aliphatic heterocycles. The zero-order valence-electron chi connectivity index (χ0n) is 19.1. The van der Waals surface area contributed by atoms with Crippen molar-refractivity contribution in [2.75, 3.05) is 32.7 Å². The van der Waals surface area contributed by atoms with Crippen LogP contribution in [0.5, 0.6) is 0 Å². The van der Waals surface area contributed by atoms with E-state index in [2.05, 4.69) is 0 Å². The third-order valence-electron chi connectivity index (χ3n) is 6.52. The number of rotatable bonds is 6. The Labute approximate surface area is 205 Å². The first kappa shape index (κ1) is 25.3. The Morgan fingerprint density at radius 3 is 1.77 bits per heavy atom. The van der Waals surface area contributed by atoms with Crippen molar-refractivity contribution >= 4 is 31.9 Å². The van der Waals surface area contributed by atoms with Gasteiger partial charge in [-0.3, -0.25) is 9.59 Å². The highest BCUT2D eigenvalue weighted by molar-refractivity contribution is 7.89. The van der Waals surface area contributed by atoms with Gasteiger partial charge in [-0.1, -0.05) is 36.4 Å². The molecule has 4 rings (SSSR count). The summed E-state index contributed by atoms with van der Waals surface area (Å²) in [5.41, 5.74) is 5.39. The van der Waals surface area contributed by atoms with Gasteiger partial charge in [0.05, 0.1) is 9.79 Å². The Bertz CT molecular complexity index is 1280. The van der Waals surface area contributed by atoms with Gasteiger partial charge in [0.15, 0.2) is 0 Å². The minimum absolute atomic E-state index is 0.0320. The van der Waals surface area contributed by atoms with Gasteiger partial charge in [-0.05, 0) is 37.1 Å². The zero-order chi connectivity index (χ0) is 25.2. The van der Waals surface area contributed by atoms with Crippen molar-refractivity contribution in [3.05, 3.63) is 60.7 Å². The maximum absolute atomic E-state index is 13.6. The van der Waals surface area contributed by atoms with Crippen LogP contribution >= 0.6 is 0 Å². The standard InChI is InChI=1S/C23H28N4O6S2/c24-22(28)18-11-13-25(14-12-18)23(29)21-17-26(34(30,31)19-7-3-1-4-8-19)15-16-27(21)35(32,33)20-9-5-2-6-10-20/h1-10,18,21H,11-17H2,(H2,24,28)/t21-/m0/s1. The van der Waals surface area contributed by atoms with E-state index in [0.29, 0.717) is 12.8 Å². The Balaban J connectivity index is 1.65. The fraction of sp³-hybridized carbons (Fsp3) is 0.391. The number of primary amides is 1. The number of hydrogen-bond donors (Lipinski definition) is 1. The van der Waals surface area contributed by atoms with Gasteiger partial charge in [0.25, 0.3) is 0 Å². The van der Waals surface area contributed by atoms with E-state index >= 15 is 0 Å². The predicted molar refractivity (Wildman–Crippen MR) is 128 cm³/mol. The van der Waals surface area contributed by atoms with Crippen molar-refractivity contribution < 1.29 is 26.4 Å². The predicted octanol–water partition coefficient (Wildman–Crippen LogP) is 0.474. The molecule has 2 N–H and O–H groups in total. The summed E-state index contributed by atoms with van der Waals surface area (Å²) in [7, 11) is -8.00. The van der Waals surface area contributed by atoms with Crippen LogP contribution in [-0.2, 0) is 29.6 Å². The Kier molecular flexibility index (Phi) is 7.27. The number of carbonyl (C=O) groups excluding carboxylic acids is 2. The second-order valence-corrected chi connectivity index (χ2v) is 12.5. The van der Waals surface area contributed by atoms with Crippen molar-refractivity contribution in [1.29, 1.82) is 0 Å².